The quantitative estimate of drug-likeness (QED) is 0.475. The van der Waals surface area contributed by atoms with E-state index in [1.807, 2.05) is 45.0 Å². The van der Waals surface area contributed by atoms with Gasteiger partial charge in [0, 0.05) is 16.2 Å². The molecule has 0 unspecified atom stereocenters. The van der Waals surface area contributed by atoms with Gasteiger partial charge in [0.05, 0.1) is 16.3 Å². The van der Waals surface area contributed by atoms with E-state index in [4.69, 9.17) is 0 Å². The minimum Gasteiger partial charge on any atom is -0.272 e. The number of hydrogen-bond acceptors (Lipinski definition) is 6. The molecule has 1 saturated carbocycles. The van der Waals surface area contributed by atoms with Crippen LogP contribution in [0.3, 0.4) is 0 Å². The zero-order valence-corrected chi connectivity index (χ0v) is 18.2. The minimum absolute atomic E-state index is 0.226. The van der Waals surface area contributed by atoms with E-state index < -0.39 is 0 Å². The number of hydrazine groups is 1. The van der Waals surface area contributed by atoms with E-state index in [0.29, 0.717) is 10.8 Å². The van der Waals surface area contributed by atoms with E-state index in [0.717, 1.165) is 45.0 Å². The number of thioether (sulfide) groups is 1. The number of amides is 2. The lowest BCUT2D eigenvalue weighted by Crippen LogP contribution is -2.42. The fourth-order valence-electron chi connectivity index (χ4n) is 3.10. The third-order valence-corrected chi connectivity index (χ3v) is 7.04. The molecule has 4 rings (SSSR count). The number of rotatable bonds is 5. The Morgan fingerprint density at radius 3 is 2.52 bits per heavy atom. The molecule has 2 heterocycles. The van der Waals surface area contributed by atoms with Gasteiger partial charge in [0.15, 0.2) is 0 Å². The van der Waals surface area contributed by atoms with Crippen molar-refractivity contribution in [3.05, 3.63) is 51.8 Å². The molecule has 0 bridgehead atoms. The van der Waals surface area contributed by atoms with Gasteiger partial charge in [0.1, 0.15) is 10.7 Å². The Morgan fingerprint density at radius 1 is 1.10 bits per heavy atom. The van der Waals surface area contributed by atoms with E-state index in [1.54, 1.807) is 0 Å². The van der Waals surface area contributed by atoms with Crippen molar-refractivity contribution in [2.75, 3.05) is 5.75 Å². The summed E-state index contributed by atoms with van der Waals surface area (Å²) in [5, 5.41) is 0.936. The number of benzene rings is 1. The Balaban J connectivity index is 1.39. The van der Waals surface area contributed by atoms with Crippen molar-refractivity contribution < 1.29 is 9.59 Å². The number of aryl methyl sites for hydroxylation is 3. The van der Waals surface area contributed by atoms with Gasteiger partial charge in [0.25, 0.3) is 5.91 Å². The molecule has 1 fully saturated rings. The molecule has 1 aromatic carbocycles. The normalized spacial score (nSPS) is 13.5. The molecule has 29 heavy (non-hydrogen) atoms. The molecule has 0 aliphatic heterocycles. The first kappa shape index (κ1) is 19.8. The topological polar surface area (TPSA) is 84.0 Å². The van der Waals surface area contributed by atoms with Crippen LogP contribution in [-0.4, -0.2) is 27.5 Å². The maximum atomic E-state index is 12.6. The molecule has 2 aromatic heterocycles. The average Bonchev–Trinajstić information content (AvgIpc) is 3.49. The SMILES string of the molecule is Cc1ccc(SCC(=O)NNC(=O)c2sc3nc(C4CC4)nc(C)c3c2C)cc1. The number of nitrogens with zero attached hydrogens (tertiary/aromatic N) is 2. The zero-order chi connectivity index (χ0) is 20.5. The molecule has 3 aromatic rings. The highest BCUT2D eigenvalue weighted by molar-refractivity contribution is 8.00. The van der Waals surface area contributed by atoms with Crippen LogP contribution in [0.5, 0.6) is 0 Å². The van der Waals surface area contributed by atoms with Crippen LogP contribution in [-0.2, 0) is 4.79 Å². The van der Waals surface area contributed by atoms with Gasteiger partial charge in [-0.1, -0.05) is 17.7 Å². The molecular weight excluding hydrogens is 404 g/mol. The summed E-state index contributed by atoms with van der Waals surface area (Å²) >= 11 is 2.77. The number of aromatic nitrogens is 2. The van der Waals surface area contributed by atoms with Crippen LogP contribution in [0.2, 0.25) is 0 Å². The van der Waals surface area contributed by atoms with Crippen molar-refractivity contribution in [3.63, 3.8) is 0 Å². The lowest BCUT2D eigenvalue weighted by Gasteiger charge is -2.07. The maximum absolute atomic E-state index is 12.6. The van der Waals surface area contributed by atoms with Crippen LogP contribution in [0.4, 0.5) is 0 Å². The molecule has 150 valence electrons. The van der Waals surface area contributed by atoms with Crippen LogP contribution in [0.25, 0.3) is 10.2 Å². The van der Waals surface area contributed by atoms with Crippen molar-refractivity contribution in [2.45, 2.75) is 44.4 Å². The number of carbonyl (C=O) groups is 2. The first-order chi connectivity index (χ1) is 13.9. The summed E-state index contributed by atoms with van der Waals surface area (Å²) in [6.45, 7) is 5.88. The monoisotopic (exact) mass is 426 g/mol. The van der Waals surface area contributed by atoms with Crippen molar-refractivity contribution in [2.24, 2.45) is 0 Å². The minimum atomic E-state index is -0.327. The first-order valence-electron chi connectivity index (χ1n) is 9.48. The van der Waals surface area contributed by atoms with Crippen LogP contribution >= 0.6 is 23.1 Å². The number of nitrogens with one attached hydrogen (secondary N) is 2. The Kier molecular flexibility index (Phi) is 5.56. The summed E-state index contributed by atoms with van der Waals surface area (Å²) in [6.07, 6.45) is 2.27. The van der Waals surface area contributed by atoms with Crippen LogP contribution < -0.4 is 10.9 Å². The van der Waals surface area contributed by atoms with Crippen molar-refractivity contribution in [3.8, 4) is 0 Å². The number of hydrogen-bond donors (Lipinski definition) is 2. The zero-order valence-electron chi connectivity index (χ0n) is 16.5. The predicted molar refractivity (Wildman–Crippen MR) is 116 cm³/mol. The number of fused-ring (bicyclic) bond motifs is 1. The van der Waals surface area contributed by atoms with Gasteiger partial charge in [-0.2, -0.15) is 0 Å². The van der Waals surface area contributed by atoms with E-state index in [-0.39, 0.29) is 17.6 Å². The predicted octanol–water partition coefficient (Wildman–Crippen LogP) is 4.05. The van der Waals surface area contributed by atoms with E-state index >= 15 is 0 Å². The highest BCUT2D eigenvalue weighted by atomic mass is 32.2. The van der Waals surface area contributed by atoms with Gasteiger partial charge >= 0.3 is 0 Å². The van der Waals surface area contributed by atoms with Crippen molar-refractivity contribution >= 4 is 45.1 Å². The molecule has 1 aliphatic carbocycles. The summed E-state index contributed by atoms with van der Waals surface area (Å²) in [6, 6.07) is 7.97. The molecule has 8 heteroatoms. The van der Waals surface area contributed by atoms with Gasteiger partial charge in [-0.25, -0.2) is 9.97 Å². The molecule has 6 nitrogen and oxygen atoms in total. The second-order valence-corrected chi connectivity index (χ2v) is 9.33. The summed E-state index contributed by atoms with van der Waals surface area (Å²) in [5.41, 5.74) is 7.96. The maximum Gasteiger partial charge on any atom is 0.280 e. The molecule has 2 N–H and O–H groups in total. The summed E-state index contributed by atoms with van der Waals surface area (Å²) in [5.74, 6) is 0.985. The Labute approximate surface area is 177 Å². The molecular formula is C21H22N4O2S2. The largest absolute Gasteiger partial charge is 0.280 e. The van der Waals surface area contributed by atoms with Gasteiger partial charge < -0.3 is 0 Å². The number of thiophene rings is 1. The van der Waals surface area contributed by atoms with Crippen LogP contribution in [0.1, 0.15) is 51.1 Å². The van der Waals surface area contributed by atoms with Gasteiger partial charge in [0.2, 0.25) is 5.91 Å². The third kappa shape index (κ3) is 4.43. The summed E-state index contributed by atoms with van der Waals surface area (Å²) in [4.78, 5) is 36.4. The highest BCUT2D eigenvalue weighted by Crippen LogP contribution is 2.40. The van der Waals surface area contributed by atoms with Crippen LogP contribution in [0.15, 0.2) is 29.2 Å². The van der Waals surface area contributed by atoms with E-state index in [2.05, 4.69) is 20.8 Å². The van der Waals surface area contributed by atoms with E-state index in [9.17, 15) is 9.59 Å². The molecule has 0 radical (unpaired) electrons. The second-order valence-electron chi connectivity index (χ2n) is 7.28. The van der Waals surface area contributed by atoms with E-state index in [1.165, 1.54) is 28.7 Å². The lowest BCUT2D eigenvalue weighted by molar-refractivity contribution is -0.119. The van der Waals surface area contributed by atoms with Crippen molar-refractivity contribution in [1.82, 2.24) is 20.8 Å². The Bertz CT molecular complexity index is 1090. The summed E-state index contributed by atoms with van der Waals surface area (Å²) < 4.78 is 0. The van der Waals surface area contributed by atoms with Crippen LogP contribution in [0, 0.1) is 20.8 Å². The highest BCUT2D eigenvalue weighted by Gasteiger charge is 2.28. The molecule has 0 saturated heterocycles. The molecule has 2 amide bonds. The standard InChI is InChI=1S/C21H22N4O2S2/c1-11-4-8-15(9-5-11)28-10-16(26)24-25-20(27)18-12(2)17-13(3)22-19(14-6-7-14)23-21(17)29-18/h4-5,8-9,14H,6-7,10H2,1-3H3,(H,24,26)(H,25,27). The van der Waals surface area contributed by atoms with Gasteiger partial charge in [-0.3, -0.25) is 20.4 Å². The first-order valence-corrected chi connectivity index (χ1v) is 11.3. The average molecular weight is 427 g/mol. The lowest BCUT2D eigenvalue weighted by atomic mass is 10.1. The molecule has 0 atom stereocenters. The smallest absolute Gasteiger partial charge is 0.272 e. The third-order valence-electron chi connectivity index (χ3n) is 4.84. The van der Waals surface area contributed by atoms with Gasteiger partial charge in [-0.15, -0.1) is 23.1 Å². The Hall–Kier alpha value is -2.45. The fourth-order valence-corrected chi connectivity index (χ4v) is 4.94. The fraction of sp³-hybridized carbons (Fsp3) is 0.333. The number of carbonyl (C=O) groups excluding carboxylic acids is 2. The Morgan fingerprint density at radius 2 is 1.83 bits per heavy atom. The molecule has 1 aliphatic rings. The second kappa shape index (κ2) is 8.12. The molecule has 0 spiro atoms. The summed E-state index contributed by atoms with van der Waals surface area (Å²) in [7, 11) is 0. The van der Waals surface area contributed by atoms with Crippen molar-refractivity contribution in [1.29, 1.82) is 0 Å². The van der Waals surface area contributed by atoms with Gasteiger partial charge in [-0.05, 0) is 51.3 Å².